The zero-order valence-corrected chi connectivity index (χ0v) is 22.0. The molecule has 196 valence electrons. The largest absolute Gasteiger partial charge is 0.366 e. The standard InChI is InChI=1S/C28H30Cl2F2N4O/c1-18(33)28(37)34-11-2-12-36(25-14-23(31)13-24(32)15-25)26-16-35(17-26)27(19-3-7-21(29)8-4-19)20-5-9-22(30)10-6-20/h3-10,13-15,18,26-27H,2,11-12,16-17,33H2,1H3,(H,34,37). The van der Waals surface area contributed by atoms with Crippen molar-refractivity contribution in [3.8, 4) is 0 Å². The Balaban J connectivity index is 1.52. The zero-order valence-electron chi connectivity index (χ0n) is 20.5. The van der Waals surface area contributed by atoms with Gasteiger partial charge in [-0.2, -0.15) is 0 Å². The highest BCUT2D eigenvalue weighted by molar-refractivity contribution is 6.30. The van der Waals surface area contributed by atoms with Crippen molar-refractivity contribution in [3.63, 3.8) is 0 Å². The van der Waals surface area contributed by atoms with Crippen LogP contribution in [0.3, 0.4) is 0 Å². The number of hydrogen-bond acceptors (Lipinski definition) is 4. The van der Waals surface area contributed by atoms with Gasteiger partial charge in [0.05, 0.1) is 18.1 Å². The summed E-state index contributed by atoms with van der Waals surface area (Å²) in [5, 5.41) is 4.12. The molecular weight excluding hydrogens is 517 g/mol. The lowest BCUT2D eigenvalue weighted by molar-refractivity contribution is -0.121. The highest BCUT2D eigenvalue weighted by Crippen LogP contribution is 2.36. The van der Waals surface area contributed by atoms with Crippen LogP contribution in [0.1, 0.15) is 30.5 Å². The smallest absolute Gasteiger partial charge is 0.236 e. The molecule has 1 aliphatic heterocycles. The van der Waals surface area contributed by atoms with Crippen molar-refractivity contribution in [2.24, 2.45) is 5.73 Å². The van der Waals surface area contributed by atoms with E-state index in [9.17, 15) is 13.6 Å². The molecule has 9 heteroatoms. The molecule has 0 aliphatic carbocycles. The summed E-state index contributed by atoms with van der Waals surface area (Å²) in [5.74, 6) is -1.48. The third-order valence-corrected chi connectivity index (χ3v) is 7.04. The van der Waals surface area contributed by atoms with Crippen LogP contribution in [-0.2, 0) is 4.79 Å². The van der Waals surface area contributed by atoms with Gasteiger partial charge in [0.15, 0.2) is 0 Å². The first-order valence-corrected chi connectivity index (χ1v) is 13.0. The molecule has 3 N–H and O–H groups in total. The van der Waals surface area contributed by atoms with Crippen molar-refractivity contribution >= 4 is 34.8 Å². The van der Waals surface area contributed by atoms with Crippen molar-refractivity contribution in [3.05, 3.63) is 99.5 Å². The summed E-state index contributed by atoms with van der Waals surface area (Å²) in [7, 11) is 0. The molecule has 0 saturated carbocycles. The Labute approximate surface area is 226 Å². The maximum Gasteiger partial charge on any atom is 0.236 e. The lowest BCUT2D eigenvalue weighted by atomic mass is 9.92. The van der Waals surface area contributed by atoms with Gasteiger partial charge in [0, 0.05) is 48.0 Å². The molecule has 0 aromatic heterocycles. The normalized spacial score (nSPS) is 14.9. The molecule has 37 heavy (non-hydrogen) atoms. The number of halogens is 4. The third kappa shape index (κ3) is 6.99. The fourth-order valence-corrected chi connectivity index (χ4v) is 4.90. The highest BCUT2D eigenvalue weighted by Gasteiger charge is 2.37. The Bertz CT molecular complexity index is 1140. The average molecular weight is 547 g/mol. The molecule has 1 amide bonds. The molecule has 1 fully saturated rings. The van der Waals surface area contributed by atoms with Gasteiger partial charge >= 0.3 is 0 Å². The second-order valence-electron chi connectivity index (χ2n) is 9.37. The number of nitrogens with one attached hydrogen (secondary N) is 1. The van der Waals surface area contributed by atoms with Crippen molar-refractivity contribution in [2.75, 3.05) is 31.1 Å². The van der Waals surface area contributed by atoms with Gasteiger partial charge in [-0.3, -0.25) is 9.69 Å². The van der Waals surface area contributed by atoms with E-state index in [1.165, 1.54) is 12.1 Å². The molecule has 0 spiro atoms. The van der Waals surface area contributed by atoms with Gasteiger partial charge in [-0.05, 0) is 60.9 Å². The number of nitrogens with zero attached hydrogens (tertiary/aromatic N) is 2. The van der Waals surface area contributed by atoms with Crippen LogP contribution in [0, 0.1) is 11.6 Å². The second kappa shape index (κ2) is 12.2. The van der Waals surface area contributed by atoms with Gasteiger partial charge in [0.2, 0.25) is 5.91 Å². The molecule has 1 unspecified atom stereocenters. The zero-order chi connectivity index (χ0) is 26.5. The van der Waals surface area contributed by atoms with E-state index in [2.05, 4.69) is 10.2 Å². The van der Waals surface area contributed by atoms with E-state index in [-0.39, 0.29) is 18.0 Å². The lowest BCUT2D eigenvalue weighted by Crippen LogP contribution is -2.61. The van der Waals surface area contributed by atoms with Crippen LogP contribution in [0.5, 0.6) is 0 Å². The summed E-state index contributed by atoms with van der Waals surface area (Å²) in [6.07, 6.45) is 0.602. The van der Waals surface area contributed by atoms with E-state index in [0.717, 1.165) is 17.2 Å². The van der Waals surface area contributed by atoms with Gasteiger partial charge in [0.1, 0.15) is 11.6 Å². The summed E-state index contributed by atoms with van der Waals surface area (Å²) >= 11 is 12.3. The van der Waals surface area contributed by atoms with Crippen LogP contribution < -0.4 is 16.0 Å². The van der Waals surface area contributed by atoms with Crippen LogP contribution in [-0.4, -0.2) is 49.1 Å². The Hall–Kier alpha value is -2.71. The van der Waals surface area contributed by atoms with Gasteiger partial charge in [-0.25, -0.2) is 8.78 Å². The monoisotopic (exact) mass is 546 g/mol. The van der Waals surface area contributed by atoms with E-state index in [1.54, 1.807) is 6.92 Å². The minimum absolute atomic E-state index is 0.0257. The Morgan fingerprint density at radius 1 is 1.00 bits per heavy atom. The average Bonchev–Trinajstić information content (AvgIpc) is 2.82. The minimum atomic E-state index is -0.623. The molecular formula is C28H30Cl2F2N4O. The molecule has 1 saturated heterocycles. The van der Waals surface area contributed by atoms with Gasteiger partial charge in [-0.1, -0.05) is 47.5 Å². The molecule has 5 nitrogen and oxygen atoms in total. The van der Waals surface area contributed by atoms with Gasteiger partial charge < -0.3 is 16.0 Å². The summed E-state index contributed by atoms with van der Waals surface area (Å²) in [4.78, 5) is 16.1. The predicted octanol–water partition coefficient (Wildman–Crippen LogP) is 5.41. The minimum Gasteiger partial charge on any atom is -0.366 e. The molecule has 0 radical (unpaired) electrons. The first-order valence-electron chi connectivity index (χ1n) is 12.2. The number of amides is 1. The summed E-state index contributed by atoms with van der Waals surface area (Å²) in [6.45, 7) is 3.93. The maximum absolute atomic E-state index is 14.1. The molecule has 1 heterocycles. The summed E-state index contributed by atoms with van der Waals surface area (Å²) in [6, 6.07) is 18.5. The third-order valence-electron chi connectivity index (χ3n) is 6.54. The number of hydrogen-bond donors (Lipinski definition) is 2. The molecule has 1 aliphatic rings. The summed E-state index contributed by atoms with van der Waals surface area (Å²) in [5.41, 5.74) is 8.27. The van der Waals surface area contributed by atoms with E-state index in [4.69, 9.17) is 28.9 Å². The van der Waals surface area contributed by atoms with E-state index in [0.29, 0.717) is 48.3 Å². The highest BCUT2D eigenvalue weighted by atomic mass is 35.5. The number of likely N-dealkylation sites (tertiary alicyclic amines) is 1. The van der Waals surface area contributed by atoms with Crippen LogP contribution in [0.15, 0.2) is 66.7 Å². The molecule has 3 aromatic rings. The predicted molar refractivity (Wildman–Crippen MR) is 145 cm³/mol. The van der Waals surface area contributed by atoms with Gasteiger partial charge in [-0.15, -0.1) is 0 Å². The topological polar surface area (TPSA) is 61.6 Å². The van der Waals surface area contributed by atoms with E-state index < -0.39 is 17.7 Å². The molecule has 0 bridgehead atoms. The SMILES string of the molecule is CC(N)C(=O)NCCCN(c1cc(F)cc(F)c1)C1CN(C(c2ccc(Cl)cc2)c2ccc(Cl)cc2)C1. The molecule has 1 atom stereocenters. The van der Waals surface area contributed by atoms with Crippen LogP contribution >= 0.6 is 23.2 Å². The Morgan fingerprint density at radius 2 is 1.51 bits per heavy atom. The lowest BCUT2D eigenvalue weighted by Gasteiger charge is -2.50. The number of rotatable bonds is 10. The Kier molecular flexibility index (Phi) is 9.03. The maximum atomic E-state index is 14.1. The first kappa shape index (κ1) is 27.3. The Morgan fingerprint density at radius 3 is 2.00 bits per heavy atom. The number of carbonyl (C=O) groups is 1. The van der Waals surface area contributed by atoms with Crippen LogP contribution in [0.25, 0.3) is 0 Å². The first-order chi connectivity index (χ1) is 17.7. The van der Waals surface area contributed by atoms with Gasteiger partial charge in [0.25, 0.3) is 0 Å². The molecule has 4 rings (SSSR count). The molecule has 3 aromatic carbocycles. The quantitative estimate of drug-likeness (QED) is 0.334. The second-order valence-corrected chi connectivity index (χ2v) is 10.2. The van der Waals surface area contributed by atoms with E-state index >= 15 is 0 Å². The van der Waals surface area contributed by atoms with Crippen LogP contribution in [0.2, 0.25) is 10.0 Å². The number of carbonyl (C=O) groups excluding carboxylic acids is 1. The number of nitrogens with two attached hydrogens (primary N) is 1. The van der Waals surface area contributed by atoms with Crippen LogP contribution in [0.4, 0.5) is 14.5 Å². The number of anilines is 1. The summed E-state index contributed by atoms with van der Waals surface area (Å²) < 4.78 is 28.2. The van der Waals surface area contributed by atoms with E-state index in [1.807, 2.05) is 53.4 Å². The fraction of sp³-hybridized carbons (Fsp3) is 0.321. The van der Waals surface area contributed by atoms with Crippen molar-refractivity contribution < 1.29 is 13.6 Å². The van der Waals surface area contributed by atoms with Crippen molar-refractivity contribution in [1.29, 1.82) is 0 Å². The number of benzene rings is 3. The fourth-order valence-electron chi connectivity index (χ4n) is 4.65. The van der Waals surface area contributed by atoms with Crippen molar-refractivity contribution in [2.45, 2.75) is 31.5 Å². The van der Waals surface area contributed by atoms with Crippen molar-refractivity contribution in [1.82, 2.24) is 10.2 Å².